The number of ether oxygens (including phenoxy) is 2. The van der Waals surface area contributed by atoms with Crippen molar-refractivity contribution in [1.82, 2.24) is 19.9 Å². The normalized spacial score (nSPS) is 14.0. The summed E-state index contributed by atoms with van der Waals surface area (Å²) in [5.74, 6) is 0.792. The van der Waals surface area contributed by atoms with E-state index in [1.54, 1.807) is 36.5 Å². The van der Waals surface area contributed by atoms with Crippen LogP contribution in [0, 0.1) is 11.3 Å². The highest BCUT2D eigenvalue weighted by molar-refractivity contribution is 5.96. The lowest BCUT2D eigenvalue weighted by Crippen LogP contribution is -2.42. The molecule has 9 nitrogen and oxygen atoms in total. The molecule has 0 unspecified atom stereocenters. The number of aromatic nitrogens is 3. The summed E-state index contributed by atoms with van der Waals surface area (Å²) >= 11 is 0. The number of nitrogens with one attached hydrogen (secondary N) is 1. The van der Waals surface area contributed by atoms with Crippen LogP contribution in [0.2, 0.25) is 0 Å². The Morgan fingerprint density at radius 1 is 1.17 bits per heavy atom. The number of methoxy groups -OCH3 is 1. The molecule has 2 N–H and O–H groups in total. The van der Waals surface area contributed by atoms with E-state index in [2.05, 4.69) is 21.0 Å². The Balaban J connectivity index is 1.39. The molecule has 0 spiro atoms. The summed E-state index contributed by atoms with van der Waals surface area (Å²) in [5, 5.41) is 19.8. The number of aliphatic hydroxyl groups excluding tert-OH is 1. The van der Waals surface area contributed by atoms with Crippen molar-refractivity contribution in [3.8, 4) is 40.2 Å². The molecule has 0 bridgehead atoms. The molecular weight excluding hydrogens is 458 g/mol. The van der Waals surface area contributed by atoms with Gasteiger partial charge in [0.15, 0.2) is 0 Å². The van der Waals surface area contributed by atoms with Crippen molar-refractivity contribution in [1.29, 1.82) is 5.26 Å². The smallest absolute Gasteiger partial charge is 0.248 e. The molecule has 1 aliphatic heterocycles. The quantitative estimate of drug-likeness (QED) is 0.430. The van der Waals surface area contributed by atoms with Gasteiger partial charge < -0.3 is 24.5 Å². The van der Waals surface area contributed by atoms with E-state index < -0.39 is 6.61 Å². The molecule has 3 aromatic heterocycles. The number of hydrogen-bond acceptors (Lipinski definition) is 7. The van der Waals surface area contributed by atoms with Crippen LogP contribution in [0.25, 0.3) is 33.4 Å². The lowest BCUT2D eigenvalue weighted by atomic mass is 10.0. The van der Waals surface area contributed by atoms with Crippen molar-refractivity contribution >= 4 is 16.8 Å². The second-order valence-electron chi connectivity index (χ2n) is 8.57. The number of pyridine rings is 2. The summed E-state index contributed by atoms with van der Waals surface area (Å²) in [5.41, 5.74) is 4.75. The van der Waals surface area contributed by atoms with Gasteiger partial charge in [0.25, 0.3) is 0 Å². The molecule has 1 fully saturated rings. The zero-order valence-electron chi connectivity index (χ0n) is 19.8. The number of amides is 1. The predicted octanol–water partition coefficient (Wildman–Crippen LogP) is 3.53. The maximum atomic E-state index is 11.7. The molecular formula is C27H25N5O4. The standard InChI is InChI=1S/C27H25N5O4/c1-35-25-5-3-18(15-30-25)23-13-21-22(31-23)6-9-29-27(21)17-2-4-24(19(12-17)14-28)36-20-7-10-32(11-8-20)26(34)16-33/h2-6,9,12-13,15,20,31,33H,7-8,10-11,16H2,1H3. The molecule has 9 heteroatoms. The van der Waals surface area contributed by atoms with Crippen molar-refractivity contribution in [2.45, 2.75) is 18.9 Å². The lowest BCUT2D eigenvalue weighted by molar-refractivity contribution is -0.135. The number of H-pyrrole nitrogens is 1. The van der Waals surface area contributed by atoms with Gasteiger partial charge in [0.2, 0.25) is 11.8 Å². The van der Waals surface area contributed by atoms with Crippen LogP contribution in [-0.2, 0) is 4.79 Å². The predicted molar refractivity (Wildman–Crippen MR) is 133 cm³/mol. The maximum absolute atomic E-state index is 11.7. The monoisotopic (exact) mass is 483 g/mol. The fraction of sp³-hybridized carbons (Fsp3) is 0.259. The third-order valence-electron chi connectivity index (χ3n) is 6.40. The highest BCUT2D eigenvalue weighted by Crippen LogP contribution is 2.33. The first-order valence-corrected chi connectivity index (χ1v) is 11.7. The van der Waals surface area contributed by atoms with Crippen LogP contribution >= 0.6 is 0 Å². The Hall–Kier alpha value is -4.42. The lowest BCUT2D eigenvalue weighted by Gasteiger charge is -2.32. The van der Waals surface area contributed by atoms with Gasteiger partial charge in [-0.15, -0.1) is 0 Å². The van der Waals surface area contributed by atoms with Crippen molar-refractivity contribution in [3.63, 3.8) is 0 Å². The van der Waals surface area contributed by atoms with E-state index in [4.69, 9.17) is 14.6 Å². The number of nitrogens with zero attached hydrogens (tertiary/aromatic N) is 4. The fourth-order valence-corrected chi connectivity index (χ4v) is 4.47. The first kappa shape index (κ1) is 23.3. The van der Waals surface area contributed by atoms with Gasteiger partial charge in [0.05, 0.1) is 18.4 Å². The largest absolute Gasteiger partial charge is 0.489 e. The second kappa shape index (κ2) is 10.1. The molecule has 5 rings (SSSR count). The first-order chi connectivity index (χ1) is 17.6. The molecule has 0 aliphatic carbocycles. The van der Waals surface area contributed by atoms with Gasteiger partial charge in [-0.25, -0.2) is 4.98 Å². The van der Waals surface area contributed by atoms with Crippen LogP contribution in [0.4, 0.5) is 0 Å². The second-order valence-corrected chi connectivity index (χ2v) is 8.57. The summed E-state index contributed by atoms with van der Waals surface area (Å²) in [6, 6.07) is 15.4. The maximum Gasteiger partial charge on any atom is 0.248 e. The Bertz CT molecular complexity index is 1430. The molecule has 0 saturated carbocycles. The third kappa shape index (κ3) is 4.59. The van der Waals surface area contributed by atoms with Crippen LogP contribution in [0.1, 0.15) is 18.4 Å². The van der Waals surface area contributed by atoms with Gasteiger partial charge in [-0.1, -0.05) is 0 Å². The van der Waals surface area contributed by atoms with E-state index in [1.807, 2.05) is 30.3 Å². The molecule has 0 atom stereocenters. The van der Waals surface area contributed by atoms with Crippen molar-refractivity contribution < 1.29 is 19.4 Å². The molecule has 4 heterocycles. The number of rotatable bonds is 6. The van der Waals surface area contributed by atoms with Gasteiger partial charge >= 0.3 is 0 Å². The number of carbonyl (C=O) groups is 1. The fourth-order valence-electron chi connectivity index (χ4n) is 4.47. The summed E-state index contributed by atoms with van der Waals surface area (Å²) < 4.78 is 11.3. The number of aliphatic hydroxyl groups is 1. The molecule has 0 radical (unpaired) electrons. The van der Waals surface area contributed by atoms with E-state index in [1.165, 1.54) is 0 Å². The molecule has 182 valence electrons. The molecule has 4 aromatic rings. The van der Waals surface area contributed by atoms with Crippen molar-refractivity contribution in [2.24, 2.45) is 0 Å². The number of carbonyl (C=O) groups excluding carboxylic acids is 1. The van der Waals surface area contributed by atoms with Crippen LogP contribution in [0.15, 0.2) is 54.9 Å². The van der Waals surface area contributed by atoms with Gasteiger partial charge in [0, 0.05) is 72.1 Å². The minimum Gasteiger partial charge on any atom is -0.489 e. The number of likely N-dealkylation sites (tertiary alicyclic amines) is 1. The SMILES string of the molecule is COc1ccc(-c2cc3c(-c4ccc(OC5CCN(C(=O)CO)CC5)c(C#N)c4)nccc3[nH]2)cn1. The van der Waals surface area contributed by atoms with Crippen LogP contribution in [0.5, 0.6) is 11.6 Å². The van der Waals surface area contributed by atoms with Crippen molar-refractivity contribution in [2.75, 3.05) is 26.8 Å². The van der Waals surface area contributed by atoms with Gasteiger partial charge in [-0.3, -0.25) is 9.78 Å². The topological polar surface area (TPSA) is 124 Å². The summed E-state index contributed by atoms with van der Waals surface area (Å²) in [4.78, 5) is 25.6. The Kier molecular flexibility index (Phi) is 6.52. The first-order valence-electron chi connectivity index (χ1n) is 11.7. The van der Waals surface area contributed by atoms with E-state index in [0.29, 0.717) is 43.1 Å². The molecule has 1 aromatic carbocycles. The van der Waals surface area contributed by atoms with E-state index in [0.717, 1.165) is 33.4 Å². The average molecular weight is 484 g/mol. The minimum absolute atomic E-state index is 0.0995. The highest BCUT2D eigenvalue weighted by Gasteiger charge is 2.24. The highest BCUT2D eigenvalue weighted by atomic mass is 16.5. The zero-order valence-corrected chi connectivity index (χ0v) is 19.8. The van der Waals surface area contributed by atoms with Gasteiger partial charge in [-0.05, 0) is 36.4 Å². The number of nitriles is 1. The van der Waals surface area contributed by atoms with Gasteiger partial charge in [-0.2, -0.15) is 5.26 Å². The van der Waals surface area contributed by atoms with E-state index in [-0.39, 0.29) is 12.0 Å². The summed E-state index contributed by atoms with van der Waals surface area (Å²) in [6.45, 7) is 0.566. The summed E-state index contributed by atoms with van der Waals surface area (Å²) in [6.07, 6.45) is 4.68. The van der Waals surface area contributed by atoms with E-state index in [9.17, 15) is 10.1 Å². The molecule has 36 heavy (non-hydrogen) atoms. The zero-order chi connectivity index (χ0) is 25.1. The Morgan fingerprint density at radius 3 is 2.67 bits per heavy atom. The number of benzene rings is 1. The minimum atomic E-state index is -0.480. The third-order valence-corrected chi connectivity index (χ3v) is 6.40. The molecule has 1 saturated heterocycles. The number of aromatic amines is 1. The van der Waals surface area contributed by atoms with Crippen LogP contribution in [-0.4, -0.2) is 63.8 Å². The van der Waals surface area contributed by atoms with Gasteiger partial charge in [0.1, 0.15) is 24.5 Å². The average Bonchev–Trinajstić information content (AvgIpc) is 3.38. The number of piperidine rings is 1. The Morgan fingerprint density at radius 2 is 1.97 bits per heavy atom. The summed E-state index contributed by atoms with van der Waals surface area (Å²) in [7, 11) is 1.58. The van der Waals surface area contributed by atoms with Crippen LogP contribution in [0.3, 0.4) is 0 Å². The number of hydrogen-bond donors (Lipinski definition) is 2. The van der Waals surface area contributed by atoms with Crippen LogP contribution < -0.4 is 9.47 Å². The van der Waals surface area contributed by atoms with Crippen molar-refractivity contribution in [3.05, 3.63) is 60.4 Å². The number of fused-ring (bicyclic) bond motifs is 1. The molecule has 1 aliphatic rings. The Labute approximate surface area is 207 Å². The molecule has 1 amide bonds. The van der Waals surface area contributed by atoms with E-state index >= 15 is 0 Å².